The minimum absolute atomic E-state index is 0. The molecule has 0 aliphatic heterocycles. The lowest BCUT2D eigenvalue weighted by Crippen LogP contribution is -2.38. The molecule has 0 radical (unpaired) electrons. The highest BCUT2D eigenvalue weighted by atomic mass is 127. The number of unbranched alkanes of at least 4 members (excludes halogenated alkanes) is 5. The van der Waals surface area contributed by atoms with Gasteiger partial charge in [0.25, 0.3) is 0 Å². The predicted molar refractivity (Wildman–Crippen MR) is 130 cm³/mol. The van der Waals surface area contributed by atoms with Gasteiger partial charge in [-0.2, -0.15) is 0 Å². The zero-order valence-electron chi connectivity index (χ0n) is 17.9. The molecule has 2 N–H and O–H groups in total. The van der Waals surface area contributed by atoms with Crippen LogP contribution in [0.25, 0.3) is 5.65 Å². The first-order valence-corrected chi connectivity index (χ1v) is 10.7. The molecule has 0 unspecified atom stereocenters. The van der Waals surface area contributed by atoms with E-state index in [-0.39, 0.29) is 24.0 Å². The molecule has 0 amide bonds. The summed E-state index contributed by atoms with van der Waals surface area (Å²) in [5.74, 6) is 1.63. The van der Waals surface area contributed by atoms with Gasteiger partial charge >= 0.3 is 0 Å². The molecule has 0 aliphatic carbocycles. The number of nitrogens with zero attached hydrogens (tertiary/aromatic N) is 4. The van der Waals surface area contributed by atoms with Gasteiger partial charge in [0.15, 0.2) is 17.4 Å². The van der Waals surface area contributed by atoms with E-state index in [2.05, 4.69) is 39.7 Å². The van der Waals surface area contributed by atoms with Gasteiger partial charge in [0.2, 0.25) is 0 Å². The Kier molecular flexibility index (Phi) is 14.5. The van der Waals surface area contributed by atoms with Gasteiger partial charge < -0.3 is 15.4 Å². The van der Waals surface area contributed by atoms with Crippen LogP contribution in [0.3, 0.4) is 0 Å². The van der Waals surface area contributed by atoms with E-state index in [1.165, 1.54) is 38.5 Å². The zero-order valence-corrected chi connectivity index (χ0v) is 20.2. The smallest absolute Gasteiger partial charge is 0.191 e. The van der Waals surface area contributed by atoms with Gasteiger partial charge in [0, 0.05) is 32.5 Å². The van der Waals surface area contributed by atoms with Crippen molar-refractivity contribution >= 4 is 35.6 Å². The first-order valence-electron chi connectivity index (χ1n) is 10.7. The highest BCUT2D eigenvalue weighted by molar-refractivity contribution is 14.0. The molecule has 0 aromatic carbocycles. The molecule has 29 heavy (non-hydrogen) atoms. The quantitative estimate of drug-likeness (QED) is 0.171. The number of aliphatic imine (C=N–C) groups is 1. The van der Waals surface area contributed by atoms with Crippen LogP contribution < -0.4 is 10.6 Å². The second-order valence-electron chi connectivity index (χ2n) is 6.90. The standard InChI is InChI=1S/C21H36N6O.HI/c1-3-5-6-7-8-11-16-28-17-12-14-23-21(22-4-2)24-18-20-26-25-19-13-9-10-15-27(19)20;/h9-10,13,15H,3-8,11-12,14,16-18H2,1-2H3,(H2,22,23,24);1H. The van der Waals surface area contributed by atoms with E-state index in [1.807, 2.05) is 28.8 Å². The maximum absolute atomic E-state index is 5.73. The summed E-state index contributed by atoms with van der Waals surface area (Å²) in [5, 5.41) is 15.0. The lowest BCUT2D eigenvalue weighted by molar-refractivity contribution is 0.128. The van der Waals surface area contributed by atoms with Gasteiger partial charge in [-0.15, -0.1) is 34.2 Å². The highest BCUT2D eigenvalue weighted by Gasteiger charge is 2.04. The number of aromatic nitrogens is 3. The summed E-state index contributed by atoms with van der Waals surface area (Å²) in [6.07, 6.45) is 10.7. The zero-order chi connectivity index (χ0) is 19.9. The van der Waals surface area contributed by atoms with Crippen molar-refractivity contribution < 1.29 is 4.74 Å². The summed E-state index contributed by atoms with van der Waals surface area (Å²) < 4.78 is 7.69. The normalized spacial score (nSPS) is 11.4. The second kappa shape index (κ2) is 16.4. The largest absolute Gasteiger partial charge is 0.381 e. The van der Waals surface area contributed by atoms with Crippen molar-refractivity contribution in [2.24, 2.45) is 4.99 Å². The number of nitrogens with one attached hydrogen (secondary N) is 2. The molecule has 2 heterocycles. The van der Waals surface area contributed by atoms with Crippen LogP contribution in [0.15, 0.2) is 29.4 Å². The fourth-order valence-electron chi connectivity index (χ4n) is 2.96. The third-order valence-corrected chi connectivity index (χ3v) is 4.51. The Labute approximate surface area is 192 Å². The number of hydrogen-bond donors (Lipinski definition) is 2. The number of rotatable bonds is 14. The molecule has 0 spiro atoms. The fourth-order valence-corrected chi connectivity index (χ4v) is 2.96. The average Bonchev–Trinajstić information content (AvgIpc) is 3.13. The summed E-state index contributed by atoms with van der Waals surface area (Å²) in [5.41, 5.74) is 0.841. The summed E-state index contributed by atoms with van der Waals surface area (Å²) in [4.78, 5) is 4.62. The third kappa shape index (κ3) is 10.3. The molecule has 8 heteroatoms. The molecule has 0 aliphatic rings. The van der Waals surface area contributed by atoms with Crippen LogP contribution in [0.4, 0.5) is 0 Å². The van der Waals surface area contributed by atoms with Crippen LogP contribution in [-0.4, -0.2) is 46.9 Å². The van der Waals surface area contributed by atoms with E-state index in [4.69, 9.17) is 4.74 Å². The summed E-state index contributed by atoms with van der Waals surface area (Å²) >= 11 is 0. The molecule has 0 saturated heterocycles. The van der Waals surface area contributed by atoms with Crippen LogP contribution >= 0.6 is 24.0 Å². The van der Waals surface area contributed by atoms with Crippen molar-refractivity contribution in [2.45, 2.75) is 65.3 Å². The monoisotopic (exact) mass is 516 g/mol. The summed E-state index contributed by atoms with van der Waals surface area (Å²) in [6.45, 7) is 8.11. The Balaban J connectivity index is 0.00000420. The predicted octanol–water partition coefficient (Wildman–Crippen LogP) is 4.17. The maximum atomic E-state index is 5.73. The molecule has 2 rings (SSSR count). The van der Waals surface area contributed by atoms with E-state index in [0.717, 1.165) is 50.2 Å². The van der Waals surface area contributed by atoms with Crippen LogP contribution in [0.1, 0.15) is 64.6 Å². The molecule has 0 bridgehead atoms. The number of pyridine rings is 1. The minimum Gasteiger partial charge on any atom is -0.381 e. The topological polar surface area (TPSA) is 75.8 Å². The van der Waals surface area contributed by atoms with E-state index < -0.39 is 0 Å². The third-order valence-electron chi connectivity index (χ3n) is 4.51. The number of ether oxygens (including phenoxy) is 1. The number of halogens is 1. The van der Waals surface area contributed by atoms with Crippen molar-refractivity contribution in [1.82, 2.24) is 25.2 Å². The molecule has 2 aromatic heterocycles. The van der Waals surface area contributed by atoms with Gasteiger partial charge in [0.05, 0.1) is 0 Å². The number of hydrogen-bond acceptors (Lipinski definition) is 4. The average molecular weight is 516 g/mol. The Morgan fingerprint density at radius 3 is 2.62 bits per heavy atom. The van der Waals surface area contributed by atoms with E-state index in [1.54, 1.807) is 0 Å². The van der Waals surface area contributed by atoms with E-state index in [0.29, 0.717) is 6.54 Å². The minimum atomic E-state index is 0. The Bertz CT molecular complexity index is 691. The van der Waals surface area contributed by atoms with Crippen LogP contribution in [0, 0.1) is 0 Å². The molecule has 0 saturated carbocycles. The lowest BCUT2D eigenvalue weighted by atomic mass is 10.1. The van der Waals surface area contributed by atoms with Gasteiger partial charge in [-0.3, -0.25) is 4.40 Å². The van der Waals surface area contributed by atoms with Gasteiger partial charge in [-0.1, -0.05) is 45.1 Å². The van der Waals surface area contributed by atoms with Crippen LogP contribution in [0.5, 0.6) is 0 Å². The summed E-state index contributed by atoms with van der Waals surface area (Å²) in [7, 11) is 0. The molecule has 2 aromatic rings. The molecule has 164 valence electrons. The Morgan fingerprint density at radius 2 is 1.79 bits per heavy atom. The Hall–Kier alpha value is -1.42. The van der Waals surface area contributed by atoms with E-state index >= 15 is 0 Å². The highest BCUT2D eigenvalue weighted by Crippen LogP contribution is 2.05. The van der Waals surface area contributed by atoms with Gasteiger partial charge in [0.1, 0.15) is 6.54 Å². The van der Waals surface area contributed by atoms with Crippen LogP contribution in [-0.2, 0) is 11.3 Å². The molecule has 0 atom stereocenters. The van der Waals surface area contributed by atoms with E-state index in [9.17, 15) is 0 Å². The molecular weight excluding hydrogens is 479 g/mol. The lowest BCUT2D eigenvalue weighted by Gasteiger charge is -2.11. The van der Waals surface area contributed by atoms with Crippen molar-refractivity contribution in [2.75, 3.05) is 26.3 Å². The van der Waals surface area contributed by atoms with Gasteiger partial charge in [-0.05, 0) is 31.9 Å². The van der Waals surface area contributed by atoms with Gasteiger partial charge in [-0.25, -0.2) is 4.99 Å². The molecule has 0 fully saturated rings. The van der Waals surface area contributed by atoms with Crippen molar-refractivity contribution in [3.05, 3.63) is 30.2 Å². The first-order chi connectivity index (χ1) is 13.8. The van der Waals surface area contributed by atoms with Crippen molar-refractivity contribution in [1.29, 1.82) is 0 Å². The number of fused-ring (bicyclic) bond motifs is 1. The molecular formula is C21H37IN6O. The van der Waals surface area contributed by atoms with Crippen molar-refractivity contribution in [3.8, 4) is 0 Å². The van der Waals surface area contributed by atoms with Crippen molar-refractivity contribution in [3.63, 3.8) is 0 Å². The molecule has 7 nitrogen and oxygen atoms in total. The van der Waals surface area contributed by atoms with Crippen LogP contribution in [0.2, 0.25) is 0 Å². The first kappa shape index (κ1) is 25.6. The maximum Gasteiger partial charge on any atom is 0.191 e. The summed E-state index contributed by atoms with van der Waals surface area (Å²) in [6, 6.07) is 5.87. The second-order valence-corrected chi connectivity index (χ2v) is 6.90. The fraction of sp³-hybridized carbons (Fsp3) is 0.667. The SMILES string of the molecule is CCCCCCCCOCCCNC(=NCc1nnc2ccccn12)NCC.I. The Morgan fingerprint density at radius 1 is 1.00 bits per heavy atom. The number of guanidine groups is 1.